The van der Waals surface area contributed by atoms with Crippen LogP contribution in [0.4, 0.5) is 0 Å². The Labute approximate surface area is 180 Å². The van der Waals surface area contributed by atoms with Gasteiger partial charge in [0.05, 0.1) is 24.7 Å². The Morgan fingerprint density at radius 1 is 1.27 bits per heavy atom. The second-order valence-electron chi connectivity index (χ2n) is 10.4. The number of methoxy groups -OCH3 is 1. The molecule has 166 valence electrons. The molecule has 7 atom stereocenters. The Hall–Kier alpha value is -1.43. The van der Waals surface area contributed by atoms with Crippen LogP contribution in [0.3, 0.4) is 0 Å². The monoisotopic (exact) mass is 416 g/mol. The molecule has 1 aromatic carbocycles. The zero-order chi connectivity index (χ0) is 21.9. The van der Waals surface area contributed by atoms with Gasteiger partial charge in [-0.15, -0.1) is 0 Å². The van der Waals surface area contributed by atoms with Crippen molar-refractivity contribution in [2.75, 3.05) is 7.11 Å². The Kier molecular flexibility index (Phi) is 5.32. The normalized spacial score (nSPS) is 41.6. The lowest BCUT2D eigenvalue weighted by Crippen LogP contribution is -2.49. The molecule has 4 rings (SSSR count). The van der Waals surface area contributed by atoms with E-state index in [0.29, 0.717) is 5.92 Å². The summed E-state index contributed by atoms with van der Waals surface area (Å²) in [6.45, 7) is 13.0. The summed E-state index contributed by atoms with van der Waals surface area (Å²) in [5, 5.41) is 0. The Bertz CT molecular complexity index is 827. The summed E-state index contributed by atoms with van der Waals surface area (Å²) in [5.41, 5.74) is 3.13. The Balaban J connectivity index is 1.57. The fraction of sp³-hybridized carbons (Fsp3) is 0.720. The van der Waals surface area contributed by atoms with E-state index >= 15 is 0 Å². The SMILES string of the molecule is COC(=O)[C@H](C)[C@H]1CC[C@](C)([C@@H]2C[C@@]3(C)[C@H](C)Cc4cc(C)ccc4[C@@]3(C)O2)OO1. The van der Waals surface area contributed by atoms with Crippen molar-refractivity contribution in [3.63, 3.8) is 0 Å². The molecule has 0 radical (unpaired) electrons. The van der Waals surface area contributed by atoms with Crippen molar-refractivity contribution < 1.29 is 24.0 Å². The van der Waals surface area contributed by atoms with Gasteiger partial charge in [0.1, 0.15) is 11.7 Å². The van der Waals surface area contributed by atoms with Crippen LogP contribution in [0, 0.1) is 24.2 Å². The summed E-state index contributed by atoms with van der Waals surface area (Å²) >= 11 is 0. The van der Waals surface area contributed by atoms with Crippen LogP contribution in [0.15, 0.2) is 18.2 Å². The molecule has 0 N–H and O–H groups in total. The van der Waals surface area contributed by atoms with Crippen molar-refractivity contribution in [2.24, 2.45) is 17.3 Å². The first kappa shape index (κ1) is 21.8. The van der Waals surface area contributed by atoms with Crippen molar-refractivity contribution in [1.29, 1.82) is 0 Å². The molecule has 2 aliphatic heterocycles. The van der Waals surface area contributed by atoms with E-state index in [1.165, 1.54) is 23.8 Å². The van der Waals surface area contributed by atoms with Crippen molar-refractivity contribution in [3.05, 3.63) is 34.9 Å². The molecule has 0 unspecified atom stereocenters. The van der Waals surface area contributed by atoms with E-state index in [1.807, 2.05) is 6.92 Å². The number of carbonyl (C=O) groups excluding carboxylic acids is 1. The Morgan fingerprint density at radius 2 is 2.00 bits per heavy atom. The van der Waals surface area contributed by atoms with Gasteiger partial charge >= 0.3 is 5.97 Å². The van der Waals surface area contributed by atoms with Gasteiger partial charge in [-0.2, -0.15) is 0 Å². The second kappa shape index (κ2) is 7.32. The van der Waals surface area contributed by atoms with Gasteiger partial charge in [0.25, 0.3) is 0 Å². The van der Waals surface area contributed by atoms with E-state index in [0.717, 1.165) is 25.7 Å². The molecule has 0 bridgehead atoms. The molecule has 1 aliphatic carbocycles. The molecule has 0 amide bonds. The molecule has 2 saturated heterocycles. The zero-order valence-corrected chi connectivity index (χ0v) is 19.4. The van der Waals surface area contributed by atoms with Crippen molar-refractivity contribution in [2.45, 2.75) is 90.6 Å². The number of fused-ring (bicyclic) bond motifs is 3. The summed E-state index contributed by atoms with van der Waals surface area (Å²) in [6.07, 6.45) is 3.16. The number of carbonyl (C=O) groups is 1. The fourth-order valence-corrected chi connectivity index (χ4v) is 5.91. The minimum Gasteiger partial charge on any atom is -0.469 e. The van der Waals surface area contributed by atoms with Crippen molar-refractivity contribution >= 4 is 5.97 Å². The lowest BCUT2D eigenvalue weighted by Gasteiger charge is -2.49. The van der Waals surface area contributed by atoms with Gasteiger partial charge < -0.3 is 9.47 Å². The first-order valence-electron chi connectivity index (χ1n) is 11.2. The highest BCUT2D eigenvalue weighted by Gasteiger charge is 2.63. The van der Waals surface area contributed by atoms with Gasteiger partial charge in [-0.3, -0.25) is 4.79 Å². The first-order chi connectivity index (χ1) is 14.0. The van der Waals surface area contributed by atoms with E-state index in [2.05, 4.69) is 52.8 Å². The van der Waals surface area contributed by atoms with Crippen LogP contribution < -0.4 is 0 Å². The van der Waals surface area contributed by atoms with Crippen molar-refractivity contribution in [3.8, 4) is 0 Å². The van der Waals surface area contributed by atoms with E-state index in [1.54, 1.807) is 0 Å². The number of hydrogen-bond donors (Lipinski definition) is 0. The summed E-state index contributed by atoms with van der Waals surface area (Å²) < 4.78 is 11.8. The highest BCUT2D eigenvalue weighted by molar-refractivity contribution is 5.72. The number of aryl methyl sites for hydroxylation is 1. The molecule has 2 heterocycles. The number of rotatable bonds is 3. The highest BCUT2D eigenvalue weighted by atomic mass is 17.2. The summed E-state index contributed by atoms with van der Waals surface area (Å²) in [5.74, 6) is -0.116. The third-order valence-electron chi connectivity index (χ3n) is 8.56. The van der Waals surface area contributed by atoms with Crippen LogP contribution in [-0.4, -0.2) is 30.9 Å². The molecule has 0 aromatic heterocycles. The van der Waals surface area contributed by atoms with E-state index in [9.17, 15) is 4.79 Å². The largest absolute Gasteiger partial charge is 0.469 e. The molecule has 30 heavy (non-hydrogen) atoms. The number of benzene rings is 1. The van der Waals surface area contributed by atoms with Crippen LogP contribution in [0.2, 0.25) is 0 Å². The smallest absolute Gasteiger partial charge is 0.311 e. The molecule has 0 saturated carbocycles. The Morgan fingerprint density at radius 3 is 2.63 bits per heavy atom. The quantitative estimate of drug-likeness (QED) is 0.519. The number of hydrogen-bond acceptors (Lipinski definition) is 5. The maximum absolute atomic E-state index is 11.9. The summed E-state index contributed by atoms with van der Waals surface area (Å²) in [6, 6.07) is 6.76. The minimum absolute atomic E-state index is 0.0163. The first-order valence-corrected chi connectivity index (χ1v) is 11.2. The van der Waals surface area contributed by atoms with Gasteiger partial charge in [0.2, 0.25) is 0 Å². The van der Waals surface area contributed by atoms with Gasteiger partial charge in [-0.05, 0) is 70.4 Å². The van der Waals surface area contributed by atoms with Crippen LogP contribution >= 0.6 is 0 Å². The molecule has 3 aliphatic rings. The number of esters is 1. The van der Waals surface area contributed by atoms with E-state index in [4.69, 9.17) is 19.2 Å². The standard InChI is InChI=1S/C25H36O5/c1-15-8-9-19-18(12-15)13-16(2)23(4)14-21(28-25(19,23)6)24(5)11-10-20(29-30-24)17(3)22(26)27-7/h8-9,12,16-17,20-21H,10-11,13-14H2,1-7H3/t16-,17-,20-,21+,23+,24-,25-/m1/s1. The molecule has 5 nitrogen and oxygen atoms in total. The van der Waals surface area contributed by atoms with Gasteiger partial charge in [-0.1, -0.05) is 37.6 Å². The number of ether oxygens (including phenoxy) is 2. The summed E-state index contributed by atoms with van der Waals surface area (Å²) in [4.78, 5) is 23.6. The lowest BCUT2D eigenvalue weighted by atomic mass is 9.57. The predicted octanol–water partition coefficient (Wildman–Crippen LogP) is 4.88. The van der Waals surface area contributed by atoms with Gasteiger partial charge in [0.15, 0.2) is 0 Å². The average molecular weight is 417 g/mol. The molecular formula is C25H36O5. The lowest BCUT2D eigenvalue weighted by molar-refractivity contribution is -0.425. The third kappa shape index (κ3) is 3.12. The minimum atomic E-state index is -0.541. The third-order valence-corrected chi connectivity index (χ3v) is 8.56. The van der Waals surface area contributed by atoms with E-state index in [-0.39, 0.29) is 35.1 Å². The second-order valence-corrected chi connectivity index (χ2v) is 10.4. The zero-order valence-electron chi connectivity index (χ0n) is 19.4. The molecular weight excluding hydrogens is 380 g/mol. The molecule has 0 spiro atoms. The van der Waals surface area contributed by atoms with Crippen LogP contribution in [-0.2, 0) is 36.1 Å². The maximum Gasteiger partial charge on any atom is 0.311 e. The molecule has 2 fully saturated rings. The van der Waals surface area contributed by atoms with Crippen LogP contribution in [0.5, 0.6) is 0 Å². The summed E-state index contributed by atoms with van der Waals surface area (Å²) in [7, 11) is 1.41. The fourth-order valence-electron chi connectivity index (χ4n) is 5.91. The van der Waals surface area contributed by atoms with Crippen LogP contribution in [0.1, 0.15) is 70.6 Å². The highest BCUT2D eigenvalue weighted by Crippen LogP contribution is 2.62. The topological polar surface area (TPSA) is 54.0 Å². The van der Waals surface area contributed by atoms with Gasteiger partial charge in [-0.25, -0.2) is 9.78 Å². The van der Waals surface area contributed by atoms with Gasteiger partial charge in [0, 0.05) is 5.41 Å². The van der Waals surface area contributed by atoms with E-state index < -0.39 is 5.60 Å². The maximum atomic E-state index is 11.9. The molecule has 5 heteroatoms. The molecule has 1 aromatic rings. The van der Waals surface area contributed by atoms with Crippen LogP contribution in [0.25, 0.3) is 0 Å². The van der Waals surface area contributed by atoms with Crippen molar-refractivity contribution in [1.82, 2.24) is 0 Å². The average Bonchev–Trinajstić information content (AvgIpc) is 3.01. The predicted molar refractivity (Wildman–Crippen MR) is 114 cm³/mol.